The SMILES string of the molecule is COc1ccc(C)c2sc(N(CCN(C)C)C(=O)c3ccccc3[N+](=O)[O-])nc12.Cl. The lowest BCUT2D eigenvalue weighted by atomic mass is 10.1. The quantitative estimate of drug-likeness (QED) is 0.397. The number of likely N-dealkylation sites (N-methyl/N-ethyl adjacent to an activating group) is 1. The van der Waals surface area contributed by atoms with Gasteiger partial charge in [-0.25, -0.2) is 4.98 Å². The number of thiazole rings is 1. The van der Waals surface area contributed by atoms with Crippen LogP contribution in [0.3, 0.4) is 0 Å². The molecule has 0 atom stereocenters. The third-order valence-electron chi connectivity index (χ3n) is 4.49. The molecule has 160 valence electrons. The highest BCUT2D eigenvalue weighted by Crippen LogP contribution is 2.37. The Kier molecular flexibility index (Phi) is 7.71. The van der Waals surface area contributed by atoms with Crippen LogP contribution in [0.4, 0.5) is 10.8 Å². The largest absolute Gasteiger partial charge is 0.494 e. The number of amides is 1. The maximum atomic E-state index is 13.3. The van der Waals surface area contributed by atoms with Gasteiger partial charge < -0.3 is 9.64 Å². The minimum absolute atomic E-state index is 0. The van der Waals surface area contributed by atoms with Crippen molar-refractivity contribution in [1.82, 2.24) is 9.88 Å². The Bertz CT molecular complexity index is 1070. The Balaban J connectivity index is 0.00000320. The smallest absolute Gasteiger partial charge is 0.282 e. The Morgan fingerprint density at radius 1 is 1.20 bits per heavy atom. The zero-order valence-corrected chi connectivity index (χ0v) is 18.7. The molecule has 0 saturated carbocycles. The van der Waals surface area contributed by atoms with Crippen molar-refractivity contribution in [2.45, 2.75) is 6.92 Å². The number of para-hydroxylation sites is 1. The molecule has 0 radical (unpaired) electrons. The minimum Gasteiger partial charge on any atom is -0.494 e. The summed E-state index contributed by atoms with van der Waals surface area (Å²) in [6.07, 6.45) is 0. The van der Waals surface area contributed by atoms with E-state index in [9.17, 15) is 14.9 Å². The van der Waals surface area contributed by atoms with E-state index in [-0.39, 0.29) is 23.7 Å². The summed E-state index contributed by atoms with van der Waals surface area (Å²) in [6.45, 7) is 2.90. The fourth-order valence-electron chi connectivity index (χ4n) is 2.92. The molecule has 0 saturated heterocycles. The summed E-state index contributed by atoms with van der Waals surface area (Å²) >= 11 is 1.38. The van der Waals surface area contributed by atoms with Crippen molar-refractivity contribution in [1.29, 1.82) is 0 Å². The number of ether oxygens (including phenoxy) is 1. The summed E-state index contributed by atoms with van der Waals surface area (Å²) in [4.78, 5) is 32.3. The van der Waals surface area contributed by atoms with Crippen molar-refractivity contribution in [3.63, 3.8) is 0 Å². The number of nitrogens with zero attached hydrogens (tertiary/aromatic N) is 4. The van der Waals surface area contributed by atoms with E-state index in [1.807, 2.05) is 38.1 Å². The molecule has 3 rings (SSSR count). The number of aryl methyl sites for hydroxylation is 1. The van der Waals surface area contributed by atoms with Gasteiger partial charge in [-0.3, -0.25) is 19.8 Å². The van der Waals surface area contributed by atoms with Crippen molar-refractivity contribution in [2.24, 2.45) is 0 Å². The Morgan fingerprint density at radius 3 is 2.53 bits per heavy atom. The Morgan fingerprint density at radius 2 is 1.90 bits per heavy atom. The number of carbonyl (C=O) groups excluding carboxylic acids is 1. The zero-order chi connectivity index (χ0) is 21.1. The van der Waals surface area contributed by atoms with Gasteiger partial charge in [0.05, 0.1) is 16.7 Å². The van der Waals surface area contributed by atoms with Crippen LogP contribution in [0.25, 0.3) is 10.2 Å². The number of nitro benzene ring substituents is 1. The second-order valence-corrected chi connectivity index (χ2v) is 7.77. The topological polar surface area (TPSA) is 88.8 Å². The number of aromatic nitrogens is 1. The number of hydrogen-bond donors (Lipinski definition) is 0. The van der Waals surface area contributed by atoms with Crippen LogP contribution in [0.5, 0.6) is 5.75 Å². The standard InChI is InChI=1S/C20H22N4O4S.ClH/c1-13-9-10-16(28-4)17-18(13)29-20(21-17)23(12-11-22(2)3)19(25)14-7-5-6-8-15(14)24(26)27;/h5-10H,11-12H2,1-4H3;1H. The van der Waals surface area contributed by atoms with Crippen LogP contribution in [0.2, 0.25) is 0 Å². The normalized spacial score (nSPS) is 10.7. The summed E-state index contributed by atoms with van der Waals surface area (Å²) < 4.78 is 6.33. The molecule has 1 aromatic heterocycles. The second-order valence-electron chi connectivity index (χ2n) is 6.79. The van der Waals surface area contributed by atoms with Crippen molar-refractivity contribution in [3.05, 3.63) is 57.6 Å². The number of benzene rings is 2. The molecular formula is C20H23ClN4O4S. The van der Waals surface area contributed by atoms with E-state index in [2.05, 4.69) is 4.98 Å². The van der Waals surface area contributed by atoms with Gasteiger partial charge in [0.2, 0.25) is 0 Å². The van der Waals surface area contributed by atoms with Gasteiger partial charge in [-0.2, -0.15) is 0 Å². The Hall–Kier alpha value is -2.75. The molecule has 0 aliphatic rings. The van der Waals surface area contributed by atoms with Crippen molar-refractivity contribution >= 4 is 50.7 Å². The van der Waals surface area contributed by atoms with Gasteiger partial charge in [0.25, 0.3) is 11.6 Å². The molecule has 1 amide bonds. The third-order valence-corrected chi connectivity index (χ3v) is 5.70. The van der Waals surface area contributed by atoms with Gasteiger partial charge in [-0.15, -0.1) is 12.4 Å². The van der Waals surface area contributed by atoms with Gasteiger partial charge in [0.15, 0.2) is 5.13 Å². The van der Waals surface area contributed by atoms with Gasteiger partial charge >= 0.3 is 0 Å². The van der Waals surface area contributed by atoms with Crippen molar-refractivity contribution in [2.75, 3.05) is 39.2 Å². The van der Waals surface area contributed by atoms with E-state index in [0.717, 1.165) is 10.3 Å². The van der Waals surface area contributed by atoms with Gasteiger partial charge in [-0.05, 0) is 38.7 Å². The summed E-state index contributed by atoms with van der Waals surface area (Å²) in [5.41, 5.74) is 1.52. The summed E-state index contributed by atoms with van der Waals surface area (Å²) in [5.74, 6) is 0.175. The number of hydrogen-bond acceptors (Lipinski definition) is 7. The first-order valence-electron chi connectivity index (χ1n) is 8.97. The first-order valence-corrected chi connectivity index (χ1v) is 9.79. The molecule has 0 unspecified atom stereocenters. The molecule has 0 N–H and O–H groups in total. The molecule has 2 aromatic carbocycles. The summed E-state index contributed by atoms with van der Waals surface area (Å²) in [6, 6.07) is 9.76. The first-order chi connectivity index (χ1) is 13.8. The monoisotopic (exact) mass is 450 g/mol. The van der Waals surface area contributed by atoms with Gasteiger partial charge in [0, 0.05) is 19.2 Å². The third kappa shape index (κ3) is 4.69. The minimum atomic E-state index is -0.539. The second kappa shape index (κ2) is 9.84. The van der Waals surface area contributed by atoms with Crippen LogP contribution in [-0.4, -0.2) is 55.0 Å². The lowest BCUT2D eigenvalue weighted by Gasteiger charge is -2.22. The number of nitro groups is 1. The number of halogens is 1. The molecule has 0 bridgehead atoms. The van der Waals surface area contributed by atoms with Crippen LogP contribution < -0.4 is 9.64 Å². The van der Waals surface area contributed by atoms with E-state index in [0.29, 0.717) is 29.5 Å². The molecular weight excluding hydrogens is 428 g/mol. The molecule has 30 heavy (non-hydrogen) atoms. The van der Waals surface area contributed by atoms with E-state index in [1.165, 1.54) is 28.4 Å². The highest BCUT2D eigenvalue weighted by atomic mass is 35.5. The molecule has 1 heterocycles. The maximum absolute atomic E-state index is 13.3. The molecule has 0 aliphatic heterocycles. The fourth-order valence-corrected chi connectivity index (χ4v) is 4.00. The predicted molar refractivity (Wildman–Crippen MR) is 121 cm³/mol. The number of methoxy groups -OCH3 is 1. The molecule has 8 nitrogen and oxygen atoms in total. The molecule has 0 aliphatic carbocycles. The lowest BCUT2D eigenvalue weighted by Crippen LogP contribution is -2.37. The molecule has 0 fully saturated rings. The highest BCUT2D eigenvalue weighted by Gasteiger charge is 2.28. The van der Waals surface area contributed by atoms with Crippen LogP contribution in [0.15, 0.2) is 36.4 Å². The van der Waals surface area contributed by atoms with E-state index < -0.39 is 10.8 Å². The van der Waals surface area contributed by atoms with E-state index in [1.54, 1.807) is 19.2 Å². The summed E-state index contributed by atoms with van der Waals surface area (Å²) in [7, 11) is 5.38. The molecule has 0 spiro atoms. The zero-order valence-electron chi connectivity index (χ0n) is 17.1. The van der Waals surface area contributed by atoms with Crippen LogP contribution in [0.1, 0.15) is 15.9 Å². The fraction of sp³-hybridized carbons (Fsp3) is 0.300. The average Bonchev–Trinajstić information content (AvgIpc) is 3.14. The van der Waals surface area contributed by atoms with Crippen LogP contribution in [0, 0.1) is 17.0 Å². The number of rotatable bonds is 7. The first kappa shape index (κ1) is 23.5. The summed E-state index contributed by atoms with van der Waals surface area (Å²) in [5, 5.41) is 11.9. The van der Waals surface area contributed by atoms with E-state index >= 15 is 0 Å². The van der Waals surface area contributed by atoms with Crippen molar-refractivity contribution in [3.8, 4) is 5.75 Å². The van der Waals surface area contributed by atoms with E-state index in [4.69, 9.17) is 4.74 Å². The predicted octanol–water partition coefficient (Wildman–Crippen LogP) is 4.15. The lowest BCUT2D eigenvalue weighted by molar-refractivity contribution is -0.385. The maximum Gasteiger partial charge on any atom is 0.282 e. The Labute approximate surface area is 184 Å². The average molecular weight is 451 g/mol. The van der Waals surface area contributed by atoms with Crippen LogP contribution >= 0.6 is 23.7 Å². The van der Waals surface area contributed by atoms with Gasteiger partial charge in [0.1, 0.15) is 16.8 Å². The van der Waals surface area contributed by atoms with Crippen LogP contribution in [-0.2, 0) is 0 Å². The number of fused-ring (bicyclic) bond motifs is 1. The molecule has 10 heteroatoms. The molecule has 3 aromatic rings. The number of carbonyl (C=O) groups is 1. The van der Waals surface area contributed by atoms with Crippen molar-refractivity contribution < 1.29 is 14.5 Å². The van der Waals surface area contributed by atoms with Gasteiger partial charge in [-0.1, -0.05) is 29.5 Å². The number of anilines is 1. The highest BCUT2D eigenvalue weighted by molar-refractivity contribution is 7.22.